The number of hydrogen-bond acceptors (Lipinski definition) is 1. The fourth-order valence-corrected chi connectivity index (χ4v) is 7.24. The number of fused-ring (bicyclic) bond motifs is 2. The SMILES string of the molecule is Cc1cc2cccc(Oc3cccc4cc(C)n(C(c5ccccc5)c5ccccc5)c34)c2n1C(c1ccccc1)c1ccccc1. The van der Waals surface area contributed by atoms with Crippen molar-refractivity contribution >= 4 is 21.8 Å². The van der Waals surface area contributed by atoms with Crippen LogP contribution < -0.4 is 4.74 Å². The molecule has 0 aliphatic rings. The maximum Gasteiger partial charge on any atom is 0.151 e. The van der Waals surface area contributed by atoms with Gasteiger partial charge in [0.15, 0.2) is 11.5 Å². The van der Waals surface area contributed by atoms with Crippen molar-refractivity contribution in [2.45, 2.75) is 25.9 Å². The van der Waals surface area contributed by atoms with Crippen LogP contribution in [-0.4, -0.2) is 9.13 Å². The molecule has 0 fully saturated rings. The van der Waals surface area contributed by atoms with Gasteiger partial charge in [0, 0.05) is 22.2 Å². The summed E-state index contributed by atoms with van der Waals surface area (Å²) in [5, 5.41) is 2.31. The number of benzene rings is 6. The molecule has 8 rings (SSSR count). The fourth-order valence-electron chi connectivity index (χ4n) is 7.24. The lowest BCUT2D eigenvalue weighted by Crippen LogP contribution is -2.14. The number of rotatable bonds is 8. The Morgan fingerprint density at radius 2 is 0.702 bits per heavy atom. The van der Waals surface area contributed by atoms with E-state index in [4.69, 9.17) is 4.74 Å². The first-order valence-electron chi connectivity index (χ1n) is 16.3. The maximum absolute atomic E-state index is 7.12. The fraction of sp³-hybridized carbons (Fsp3) is 0.0909. The van der Waals surface area contributed by atoms with E-state index < -0.39 is 0 Å². The summed E-state index contributed by atoms with van der Waals surface area (Å²) in [6.45, 7) is 4.39. The quantitative estimate of drug-likeness (QED) is 0.168. The first-order chi connectivity index (χ1) is 23.2. The largest absolute Gasteiger partial charge is 0.453 e. The van der Waals surface area contributed by atoms with Gasteiger partial charge in [0.05, 0.1) is 23.1 Å². The van der Waals surface area contributed by atoms with E-state index in [-0.39, 0.29) is 12.1 Å². The predicted octanol–water partition coefficient (Wildman–Crippen LogP) is 11.3. The summed E-state index contributed by atoms with van der Waals surface area (Å²) in [5.41, 5.74) is 9.44. The van der Waals surface area contributed by atoms with Crippen molar-refractivity contribution in [1.29, 1.82) is 0 Å². The minimum Gasteiger partial charge on any atom is -0.453 e. The van der Waals surface area contributed by atoms with E-state index in [1.54, 1.807) is 0 Å². The zero-order chi connectivity index (χ0) is 31.7. The Hall–Kier alpha value is -5.80. The zero-order valence-corrected chi connectivity index (χ0v) is 26.6. The van der Waals surface area contributed by atoms with Crippen LogP contribution in [-0.2, 0) is 0 Å². The van der Waals surface area contributed by atoms with Gasteiger partial charge in [-0.2, -0.15) is 0 Å². The van der Waals surface area contributed by atoms with E-state index in [0.717, 1.165) is 33.3 Å². The second kappa shape index (κ2) is 12.2. The van der Waals surface area contributed by atoms with Crippen LogP contribution >= 0.6 is 0 Å². The molecule has 0 saturated carbocycles. The van der Waals surface area contributed by atoms with Crippen molar-refractivity contribution < 1.29 is 4.74 Å². The Morgan fingerprint density at radius 1 is 0.383 bits per heavy atom. The lowest BCUT2D eigenvalue weighted by Gasteiger charge is -2.25. The van der Waals surface area contributed by atoms with Gasteiger partial charge in [-0.1, -0.05) is 146 Å². The Labute approximate surface area is 275 Å². The van der Waals surface area contributed by atoms with Gasteiger partial charge >= 0.3 is 0 Å². The molecule has 2 heterocycles. The van der Waals surface area contributed by atoms with Gasteiger partial charge in [0.1, 0.15) is 0 Å². The molecule has 2 aromatic heterocycles. The molecule has 228 valence electrons. The number of nitrogens with zero attached hydrogens (tertiary/aromatic N) is 2. The van der Waals surface area contributed by atoms with Crippen LogP contribution in [0.2, 0.25) is 0 Å². The van der Waals surface area contributed by atoms with Gasteiger partial charge in [-0.15, -0.1) is 0 Å². The molecule has 0 radical (unpaired) electrons. The van der Waals surface area contributed by atoms with Gasteiger partial charge in [-0.05, 0) is 60.4 Å². The molecule has 8 aromatic rings. The molecule has 6 aromatic carbocycles. The summed E-state index contributed by atoms with van der Waals surface area (Å²) in [7, 11) is 0. The van der Waals surface area contributed by atoms with Crippen molar-refractivity contribution in [3.63, 3.8) is 0 Å². The molecule has 0 spiro atoms. The van der Waals surface area contributed by atoms with Crippen molar-refractivity contribution in [2.75, 3.05) is 0 Å². The molecule has 0 atom stereocenters. The topological polar surface area (TPSA) is 19.1 Å². The van der Waals surface area contributed by atoms with Crippen molar-refractivity contribution in [3.05, 3.63) is 203 Å². The van der Waals surface area contributed by atoms with Crippen molar-refractivity contribution in [2.24, 2.45) is 0 Å². The molecule has 0 N–H and O–H groups in total. The average Bonchev–Trinajstić information content (AvgIpc) is 3.63. The smallest absolute Gasteiger partial charge is 0.151 e. The molecule has 47 heavy (non-hydrogen) atoms. The third-order valence-electron chi connectivity index (χ3n) is 9.23. The molecule has 0 aliphatic carbocycles. The average molecular weight is 609 g/mol. The number of hydrogen-bond donors (Lipinski definition) is 0. The van der Waals surface area contributed by atoms with Crippen LogP contribution in [0.4, 0.5) is 0 Å². The molecule has 0 saturated heterocycles. The van der Waals surface area contributed by atoms with Gasteiger partial charge in [-0.3, -0.25) is 0 Å². The summed E-state index contributed by atoms with van der Waals surface area (Å²) in [6, 6.07) is 60.4. The van der Waals surface area contributed by atoms with E-state index in [1.165, 1.54) is 33.6 Å². The van der Waals surface area contributed by atoms with Crippen LogP contribution in [0, 0.1) is 13.8 Å². The second-order valence-electron chi connectivity index (χ2n) is 12.2. The normalized spacial score (nSPS) is 11.6. The van der Waals surface area contributed by atoms with E-state index in [2.05, 4.69) is 193 Å². The third kappa shape index (κ3) is 5.20. The van der Waals surface area contributed by atoms with Gasteiger partial charge in [0.25, 0.3) is 0 Å². The maximum atomic E-state index is 7.12. The Bertz CT molecular complexity index is 2040. The number of para-hydroxylation sites is 2. The first kappa shape index (κ1) is 28.7. The molecule has 0 aliphatic heterocycles. The molecule has 0 bridgehead atoms. The second-order valence-corrected chi connectivity index (χ2v) is 12.2. The summed E-state index contributed by atoms with van der Waals surface area (Å²) < 4.78 is 12.0. The van der Waals surface area contributed by atoms with Crippen LogP contribution in [0.15, 0.2) is 170 Å². The van der Waals surface area contributed by atoms with Crippen LogP contribution in [0.5, 0.6) is 11.5 Å². The van der Waals surface area contributed by atoms with E-state index in [0.29, 0.717) is 0 Å². The zero-order valence-electron chi connectivity index (χ0n) is 26.6. The number of ether oxygens (including phenoxy) is 1. The molecule has 3 heteroatoms. The summed E-state index contributed by atoms with van der Waals surface area (Å²) in [6.07, 6.45) is 0. The minimum absolute atomic E-state index is 0.0120. The molecule has 0 unspecified atom stereocenters. The Balaban J connectivity index is 1.33. The van der Waals surface area contributed by atoms with Crippen molar-refractivity contribution in [3.8, 4) is 11.5 Å². The third-order valence-corrected chi connectivity index (χ3v) is 9.23. The van der Waals surface area contributed by atoms with E-state index >= 15 is 0 Å². The summed E-state index contributed by atoms with van der Waals surface area (Å²) in [4.78, 5) is 0. The highest BCUT2D eigenvalue weighted by molar-refractivity contribution is 5.91. The highest BCUT2D eigenvalue weighted by Crippen LogP contribution is 2.42. The number of aryl methyl sites for hydroxylation is 2. The monoisotopic (exact) mass is 608 g/mol. The first-order valence-corrected chi connectivity index (χ1v) is 16.3. The Kier molecular flexibility index (Phi) is 7.43. The summed E-state index contributed by atoms with van der Waals surface area (Å²) >= 11 is 0. The van der Waals surface area contributed by atoms with E-state index in [9.17, 15) is 0 Å². The Morgan fingerprint density at radius 3 is 1.02 bits per heavy atom. The van der Waals surface area contributed by atoms with Crippen LogP contribution in [0.1, 0.15) is 45.7 Å². The number of aromatic nitrogens is 2. The molecule has 0 amide bonds. The molecular weight excluding hydrogens is 572 g/mol. The lowest BCUT2D eigenvalue weighted by atomic mass is 9.98. The standard InChI is InChI=1S/C44H36N2O/c1-31-29-37-25-15-27-39(43(37)45(31)41(33-17-7-3-8-18-33)34-19-9-4-10-20-34)47-40-28-16-26-38-30-32(2)46(44(38)40)42(35-21-11-5-12-22-35)36-23-13-6-14-24-36/h3-30,41-42H,1-2H3. The van der Waals surface area contributed by atoms with E-state index in [1.807, 2.05) is 0 Å². The minimum atomic E-state index is -0.0120. The van der Waals surface area contributed by atoms with Crippen LogP contribution in [0.25, 0.3) is 21.8 Å². The summed E-state index contributed by atoms with van der Waals surface area (Å²) in [5.74, 6) is 1.67. The van der Waals surface area contributed by atoms with Crippen molar-refractivity contribution in [1.82, 2.24) is 9.13 Å². The predicted molar refractivity (Wildman–Crippen MR) is 194 cm³/mol. The van der Waals surface area contributed by atoms with Gasteiger partial charge < -0.3 is 13.9 Å². The van der Waals surface area contributed by atoms with Crippen LogP contribution in [0.3, 0.4) is 0 Å². The highest BCUT2D eigenvalue weighted by Gasteiger charge is 2.25. The highest BCUT2D eigenvalue weighted by atomic mass is 16.5. The van der Waals surface area contributed by atoms with Gasteiger partial charge in [-0.25, -0.2) is 0 Å². The molecule has 3 nitrogen and oxygen atoms in total. The molecular formula is C44H36N2O. The van der Waals surface area contributed by atoms with Gasteiger partial charge in [0.2, 0.25) is 0 Å². The lowest BCUT2D eigenvalue weighted by molar-refractivity contribution is 0.484.